The summed E-state index contributed by atoms with van der Waals surface area (Å²) in [6, 6.07) is 10.1. The molecule has 3 fully saturated rings. The molecule has 3 atom stereocenters. The summed E-state index contributed by atoms with van der Waals surface area (Å²) in [4.78, 5) is 26.5. The van der Waals surface area contributed by atoms with Gasteiger partial charge in [-0.25, -0.2) is 9.18 Å². The summed E-state index contributed by atoms with van der Waals surface area (Å²) in [5, 5.41) is 2.70. The normalized spacial score (nSPS) is 34.0. The maximum Gasteiger partial charge on any atom is 0.317 e. The fraction of sp³-hybridized carbons (Fsp3) is 0.667. The Morgan fingerprint density at radius 1 is 1.26 bits per heavy atom. The van der Waals surface area contributed by atoms with Crippen molar-refractivity contribution in [3.63, 3.8) is 0 Å². The zero-order valence-electron chi connectivity index (χ0n) is 18.2. The van der Waals surface area contributed by atoms with E-state index in [-0.39, 0.29) is 31.2 Å². The minimum absolute atomic E-state index is 0.0937. The molecule has 0 aromatic heterocycles. The molecule has 2 heterocycles. The van der Waals surface area contributed by atoms with Crippen molar-refractivity contribution in [1.29, 1.82) is 0 Å². The smallest absolute Gasteiger partial charge is 0.317 e. The third kappa shape index (κ3) is 4.77. The first kappa shape index (κ1) is 22.2. The molecule has 3 unspecified atom stereocenters. The summed E-state index contributed by atoms with van der Waals surface area (Å²) in [5.74, 6) is 0.0358. The lowest BCUT2D eigenvalue weighted by molar-refractivity contribution is -0.179. The maximum absolute atomic E-state index is 13.7. The molecule has 1 N–H and O–H groups in total. The molecule has 6 nitrogen and oxygen atoms in total. The number of carbonyl (C=O) groups is 2. The summed E-state index contributed by atoms with van der Waals surface area (Å²) < 4.78 is 25.3. The Hall–Kier alpha value is -1.99. The molecular formula is C24H33FN2O4. The van der Waals surface area contributed by atoms with Crippen LogP contribution in [0.5, 0.6) is 0 Å². The Balaban J connectivity index is 1.41. The topological polar surface area (TPSA) is 67.9 Å². The SMILES string of the molecule is CNC(=O)N1CCCC2(COC(F)C(=O)C2)C1COC1CCC(c2ccccc2)CC1. The van der Waals surface area contributed by atoms with Crippen LogP contribution in [0.15, 0.2) is 30.3 Å². The number of ketones is 1. The summed E-state index contributed by atoms with van der Waals surface area (Å²) in [5.41, 5.74) is 0.808. The molecule has 1 aromatic carbocycles. The number of halogens is 1. The van der Waals surface area contributed by atoms with Crippen LogP contribution in [-0.2, 0) is 14.3 Å². The zero-order chi connectivity index (χ0) is 21.8. The van der Waals surface area contributed by atoms with Gasteiger partial charge < -0.3 is 19.7 Å². The number of alkyl halides is 1. The van der Waals surface area contributed by atoms with Gasteiger partial charge >= 0.3 is 6.03 Å². The van der Waals surface area contributed by atoms with Gasteiger partial charge in [0.15, 0.2) is 5.78 Å². The van der Waals surface area contributed by atoms with Gasteiger partial charge in [0.2, 0.25) is 0 Å². The summed E-state index contributed by atoms with van der Waals surface area (Å²) in [6.45, 7) is 1.09. The molecule has 2 amide bonds. The molecule has 4 rings (SSSR count). The first-order chi connectivity index (χ1) is 15.0. The number of hydrogen-bond donors (Lipinski definition) is 1. The van der Waals surface area contributed by atoms with Crippen molar-refractivity contribution in [1.82, 2.24) is 10.2 Å². The largest absolute Gasteiger partial charge is 0.376 e. The van der Waals surface area contributed by atoms with E-state index in [2.05, 4.69) is 29.6 Å². The molecule has 7 heteroatoms. The van der Waals surface area contributed by atoms with Gasteiger partial charge in [-0.05, 0) is 50.0 Å². The molecule has 170 valence electrons. The number of urea groups is 1. The second-order valence-electron chi connectivity index (χ2n) is 9.22. The van der Waals surface area contributed by atoms with Crippen LogP contribution >= 0.6 is 0 Å². The van der Waals surface area contributed by atoms with Crippen LogP contribution in [-0.4, -0.2) is 62.0 Å². The fourth-order valence-electron chi connectivity index (χ4n) is 5.61. The number of likely N-dealkylation sites (tertiary alicyclic amines) is 1. The Labute approximate surface area is 183 Å². The standard InChI is InChI=1S/C24H33FN2O4/c1-26-23(29)27-13-5-12-24(14-20(28)22(25)31-16-24)21(27)15-30-19-10-8-18(9-11-19)17-6-3-2-4-7-17/h2-4,6-7,18-19,21-22H,5,8-16H2,1H3,(H,26,29). The first-order valence-corrected chi connectivity index (χ1v) is 11.5. The third-order valence-corrected chi connectivity index (χ3v) is 7.36. The highest BCUT2D eigenvalue weighted by molar-refractivity contribution is 5.83. The molecule has 31 heavy (non-hydrogen) atoms. The minimum Gasteiger partial charge on any atom is -0.376 e. The number of amides is 2. The van der Waals surface area contributed by atoms with E-state index in [9.17, 15) is 14.0 Å². The van der Waals surface area contributed by atoms with Crippen molar-refractivity contribution in [2.75, 3.05) is 26.8 Å². The van der Waals surface area contributed by atoms with Gasteiger partial charge in [-0.1, -0.05) is 30.3 Å². The van der Waals surface area contributed by atoms with E-state index < -0.39 is 17.6 Å². The van der Waals surface area contributed by atoms with Gasteiger partial charge in [-0.2, -0.15) is 0 Å². The second-order valence-corrected chi connectivity index (χ2v) is 9.22. The van der Waals surface area contributed by atoms with Gasteiger partial charge in [0, 0.05) is 25.4 Å². The molecule has 2 aliphatic heterocycles. The molecule has 2 saturated heterocycles. The quantitative estimate of drug-likeness (QED) is 0.786. The highest BCUT2D eigenvalue weighted by atomic mass is 19.1. The zero-order valence-corrected chi connectivity index (χ0v) is 18.2. The maximum atomic E-state index is 13.7. The van der Waals surface area contributed by atoms with E-state index in [0.717, 1.165) is 38.5 Å². The number of Topliss-reactive ketones (excluding diaryl/α,β-unsaturated/α-hetero) is 1. The van der Waals surface area contributed by atoms with Crippen molar-refractivity contribution < 1.29 is 23.5 Å². The lowest BCUT2D eigenvalue weighted by Crippen LogP contribution is -2.62. The monoisotopic (exact) mass is 432 g/mol. The van der Waals surface area contributed by atoms with Crippen molar-refractivity contribution in [3.05, 3.63) is 35.9 Å². The fourth-order valence-corrected chi connectivity index (χ4v) is 5.61. The molecule has 3 aliphatic rings. The van der Waals surface area contributed by atoms with Crippen LogP contribution < -0.4 is 5.32 Å². The number of benzene rings is 1. The van der Waals surface area contributed by atoms with Gasteiger partial charge in [0.25, 0.3) is 6.36 Å². The lowest BCUT2D eigenvalue weighted by atomic mass is 9.69. The first-order valence-electron chi connectivity index (χ1n) is 11.5. The van der Waals surface area contributed by atoms with Crippen molar-refractivity contribution in [2.45, 2.75) is 69.4 Å². The molecule has 1 saturated carbocycles. The Bertz CT molecular complexity index is 768. The summed E-state index contributed by atoms with van der Waals surface area (Å²) in [7, 11) is 1.60. The Kier molecular flexibility index (Phi) is 6.92. The highest BCUT2D eigenvalue weighted by Gasteiger charge is 2.51. The highest BCUT2D eigenvalue weighted by Crippen LogP contribution is 2.43. The van der Waals surface area contributed by atoms with Crippen molar-refractivity contribution >= 4 is 11.8 Å². The van der Waals surface area contributed by atoms with Gasteiger partial charge in [0.05, 0.1) is 25.4 Å². The van der Waals surface area contributed by atoms with Gasteiger partial charge in [0.1, 0.15) is 0 Å². The molecule has 1 aliphatic carbocycles. The molecule has 0 radical (unpaired) electrons. The number of hydrogen-bond acceptors (Lipinski definition) is 4. The van der Waals surface area contributed by atoms with E-state index in [1.54, 1.807) is 11.9 Å². The van der Waals surface area contributed by atoms with Crippen LogP contribution in [0.3, 0.4) is 0 Å². The number of nitrogens with zero attached hydrogens (tertiary/aromatic N) is 1. The molecule has 1 aromatic rings. The molecular weight excluding hydrogens is 399 g/mol. The van der Waals surface area contributed by atoms with E-state index in [1.807, 2.05) is 6.07 Å². The van der Waals surface area contributed by atoms with E-state index in [1.165, 1.54) is 5.56 Å². The number of nitrogens with one attached hydrogen (secondary N) is 1. The van der Waals surface area contributed by atoms with Crippen LogP contribution in [0.1, 0.15) is 56.4 Å². The van der Waals surface area contributed by atoms with E-state index >= 15 is 0 Å². The summed E-state index contributed by atoms with van der Waals surface area (Å²) in [6.07, 6.45) is 3.98. The van der Waals surface area contributed by atoms with Crippen LogP contribution in [0, 0.1) is 5.41 Å². The average Bonchev–Trinajstić information content (AvgIpc) is 2.81. The van der Waals surface area contributed by atoms with E-state index in [0.29, 0.717) is 19.1 Å². The van der Waals surface area contributed by atoms with Crippen LogP contribution in [0.2, 0.25) is 0 Å². The van der Waals surface area contributed by atoms with Crippen LogP contribution in [0.4, 0.5) is 9.18 Å². The molecule has 1 spiro atoms. The number of rotatable bonds is 4. The van der Waals surface area contributed by atoms with Crippen LogP contribution in [0.25, 0.3) is 0 Å². The van der Waals surface area contributed by atoms with Crippen molar-refractivity contribution in [2.24, 2.45) is 5.41 Å². The number of carbonyl (C=O) groups excluding carboxylic acids is 2. The van der Waals surface area contributed by atoms with E-state index in [4.69, 9.17) is 9.47 Å². The van der Waals surface area contributed by atoms with Gasteiger partial charge in [-0.15, -0.1) is 0 Å². The third-order valence-electron chi connectivity index (χ3n) is 7.36. The predicted molar refractivity (Wildman–Crippen MR) is 114 cm³/mol. The second kappa shape index (κ2) is 9.65. The number of piperidine rings is 1. The predicted octanol–water partition coefficient (Wildman–Crippen LogP) is 3.80. The lowest BCUT2D eigenvalue weighted by Gasteiger charge is -2.51. The van der Waals surface area contributed by atoms with Crippen molar-refractivity contribution in [3.8, 4) is 0 Å². The number of ether oxygens (including phenoxy) is 2. The summed E-state index contributed by atoms with van der Waals surface area (Å²) >= 11 is 0. The Morgan fingerprint density at radius 3 is 2.68 bits per heavy atom. The average molecular weight is 433 g/mol. The molecule has 0 bridgehead atoms. The minimum atomic E-state index is -1.85. The van der Waals surface area contributed by atoms with Gasteiger partial charge in [-0.3, -0.25) is 4.79 Å². The Morgan fingerprint density at radius 2 is 2.00 bits per heavy atom.